The maximum absolute atomic E-state index is 12.8. The number of anilines is 2. The molecule has 0 aliphatic heterocycles. The van der Waals surface area contributed by atoms with Crippen LogP contribution in [0.4, 0.5) is 16.0 Å². The SMILES string of the molecule is CCc1c(NC)ncnc1NCc1ccc(F)cc1. The molecule has 2 rings (SSSR count). The largest absolute Gasteiger partial charge is 0.373 e. The summed E-state index contributed by atoms with van der Waals surface area (Å²) in [5, 5.41) is 6.31. The molecule has 0 radical (unpaired) electrons. The van der Waals surface area contributed by atoms with Crippen molar-refractivity contribution >= 4 is 11.6 Å². The van der Waals surface area contributed by atoms with Gasteiger partial charge >= 0.3 is 0 Å². The van der Waals surface area contributed by atoms with Gasteiger partial charge in [-0.1, -0.05) is 19.1 Å². The molecule has 4 nitrogen and oxygen atoms in total. The van der Waals surface area contributed by atoms with Crippen LogP contribution in [0.1, 0.15) is 18.1 Å². The highest BCUT2D eigenvalue weighted by atomic mass is 19.1. The molecule has 1 aromatic carbocycles. The normalized spacial score (nSPS) is 10.3. The zero-order valence-electron chi connectivity index (χ0n) is 11.1. The third kappa shape index (κ3) is 3.19. The van der Waals surface area contributed by atoms with Crippen molar-refractivity contribution in [3.63, 3.8) is 0 Å². The van der Waals surface area contributed by atoms with Crippen molar-refractivity contribution in [3.05, 3.63) is 47.5 Å². The Hall–Kier alpha value is -2.17. The predicted octanol–water partition coefficient (Wildman–Crippen LogP) is 2.83. The first-order chi connectivity index (χ1) is 9.24. The molecule has 0 amide bonds. The van der Waals surface area contributed by atoms with Crippen molar-refractivity contribution in [2.24, 2.45) is 0 Å². The smallest absolute Gasteiger partial charge is 0.134 e. The van der Waals surface area contributed by atoms with Gasteiger partial charge in [-0.15, -0.1) is 0 Å². The van der Waals surface area contributed by atoms with E-state index in [0.29, 0.717) is 6.54 Å². The third-order valence-electron chi connectivity index (χ3n) is 2.91. The van der Waals surface area contributed by atoms with Crippen LogP contribution in [0, 0.1) is 5.82 Å². The molecule has 0 saturated carbocycles. The lowest BCUT2D eigenvalue weighted by Gasteiger charge is -2.12. The molecule has 0 spiro atoms. The van der Waals surface area contributed by atoms with Crippen LogP contribution in [-0.2, 0) is 13.0 Å². The number of benzene rings is 1. The zero-order valence-corrected chi connectivity index (χ0v) is 11.1. The van der Waals surface area contributed by atoms with Crippen molar-refractivity contribution in [1.82, 2.24) is 9.97 Å². The van der Waals surface area contributed by atoms with Crippen LogP contribution in [0.3, 0.4) is 0 Å². The van der Waals surface area contributed by atoms with Gasteiger partial charge in [0.05, 0.1) is 0 Å². The Labute approximate surface area is 112 Å². The van der Waals surface area contributed by atoms with E-state index >= 15 is 0 Å². The number of nitrogens with zero attached hydrogens (tertiary/aromatic N) is 2. The van der Waals surface area contributed by atoms with Crippen LogP contribution in [0.2, 0.25) is 0 Å². The van der Waals surface area contributed by atoms with Crippen LogP contribution in [-0.4, -0.2) is 17.0 Å². The van der Waals surface area contributed by atoms with Gasteiger partial charge in [-0.25, -0.2) is 14.4 Å². The Kier molecular flexibility index (Phi) is 4.28. The van der Waals surface area contributed by atoms with Crippen molar-refractivity contribution in [3.8, 4) is 0 Å². The molecule has 0 unspecified atom stereocenters. The van der Waals surface area contributed by atoms with Gasteiger partial charge in [-0.3, -0.25) is 0 Å². The monoisotopic (exact) mass is 260 g/mol. The van der Waals surface area contributed by atoms with E-state index in [0.717, 1.165) is 29.2 Å². The number of nitrogens with one attached hydrogen (secondary N) is 2. The van der Waals surface area contributed by atoms with Crippen molar-refractivity contribution in [2.75, 3.05) is 17.7 Å². The summed E-state index contributed by atoms with van der Waals surface area (Å²) in [5.41, 5.74) is 2.06. The summed E-state index contributed by atoms with van der Waals surface area (Å²) in [4.78, 5) is 8.44. The van der Waals surface area contributed by atoms with Gasteiger partial charge in [0.15, 0.2) is 0 Å². The average Bonchev–Trinajstić information content (AvgIpc) is 2.46. The van der Waals surface area contributed by atoms with E-state index in [2.05, 4.69) is 27.5 Å². The predicted molar refractivity (Wildman–Crippen MR) is 74.7 cm³/mol. The summed E-state index contributed by atoms with van der Waals surface area (Å²) in [6, 6.07) is 6.43. The second kappa shape index (κ2) is 6.13. The van der Waals surface area contributed by atoms with Crippen LogP contribution in [0.5, 0.6) is 0 Å². The molecule has 0 saturated heterocycles. The molecule has 0 bridgehead atoms. The van der Waals surface area contributed by atoms with Crippen molar-refractivity contribution in [1.29, 1.82) is 0 Å². The summed E-state index contributed by atoms with van der Waals surface area (Å²) in [7, 11) is 1.84. The molecule has 0 aliphatic carbocycles. The molecule has 19 heavy (non-hydrogen) atoms. The van der Waals surface area contributed by atoms with Gasteiger partial charge in [0.25, 0.3) is 0 Å². The van der Waals surface area contributed by atoms with Crippen molar-refractivity contribution in [2.45, 2.75) is 19.9 Å². The van der Waals surface area contributed by atoms with Gasteiger partial charge in [0, 0.05) is 19.2 Å². The van der Waals surface area contributed by atoms with E-state index in [4.69, 9.17) is 0 Å². The molecule has 1 aromatic heterocycles. The Bertz CT molecular complexity index is 540. The quantitative estimate of drug-likeness (QED) is 0.868. The fourth-order valence-electron chi connectivity index (χ4n) is 1.90. The molecular formula is C14H17FN4. The van der Waals surface area contributed by atoms with Gasteiger partial charge < -0.3 is 10.6 Å². The van der Waals surface area contributed by atoms with E-state index in [1.807, 2.05) is 7.05 Å². The van der Waals surface area contributed by atoms with Crippen LogP contribution in [0.25, 0.3) is 0 Å². The summed E-state index contributed by atoms with van der Waals surface area (Å²) in [6.45, 7) is 2.66. The molecule has 100 valence electrons. The van der Waals surface area contributed by atoms with E-state index in [1.54, 1.807) is 12.1 Å². The fraction of sp³-hybridized carbons (Fsp3) is 0.286. The molecule has 0 aliphatic rings. The van der Waals surface area contributed by atoms with Gasteiger partial charge in [-0.05, 0) is 24.1 Å². The van der Waals surface area contributed by atoms with Crippen LogP contribution >= 0.6 is 0 Å². The number of rotatable bonds is 5. The molecule has 1 heterocycles. The number of halogens is 1. The van der Waals surface area contributed by atoms with Crippen molar-refractivity contribution < 1.29 is 4.39 Å². The average molecular weight is 260 g/mol. The first kappa shape index (κ1) is 13.3. The standard InChI is InChI=1S/C14H17FN4/c1-3-12-13(16-2)18-9-19-14(12)17-8-10-4-6-11(15)7-5-10/h4-7,9H,3,8H2,1-2H3,(H2,16,17,18,19). The lowest BCUT2D eigenvalue weighted by Crippen LogP contribution is -2.08. The Balaban J connectivity index is 2.13. The van der Waals surface area contributed by atoms with E-state index in [9.17, 15) is 4.39 Å². The van der Waals surface area contributed by atoms with E-state index in [-0.39, 0.29) is 5.82 Å². The fourth-order valence-corrected chi connectivity index (χ4v) is 1.90. The van der Waals surface area contributed by atoms with Gasteiger partial charge in [0.2, 0.25) is 0 Å². The topological polar surface area (TPSA) is 49.8 Å². The van der Waals surface area contributed by atoms with Gasteiger partial charge in [0.1, 0.15) is 23.8 Å². The summed E-state index contributed by atoms with van der Waals surface area (Å²) >= 11 is 0. The molecule has 0 atom stereocenters. The second-order valence-corrected chi connectivity index (χ2v) is 4.13. The second-order valence-electron chi connectivity index (χ2n) is 4.13. The molecule has 5 heteroatoms. The summed E-state index contributed by atoms with van der Waals surface area (Å²) in [5.74, 6) is 1.42. The summed E-state index contributed by atoms with van der Waals surface area (Å²) < 4.78 is 12.8. The number of aromatic nitrogens is 2. The number of hydrogen-bond acceptors (Lipinski definition) is 4. The Morgan fingerprint density at radius 1 is 1.11 bits per heavy atom. The Morgan fingerprint density at radius 2 is 1.79 bits per heavy atom. The Morgan fingerprint density at radius 3 is 2.42 bits per heavy atom. The lowest BCUT2D eigenvalue weighted by molar-refractivity contribution is 0.627. The van der Waals surface area contributed by atoms with Crippen LogP contribution in [0.15, 0.2) is 30.6 Å². The molecule has 2 aromatic rings. The highest BCUT2D eigenvalue weighted by Gasteiger charge is 2.08. The lowest BCUT2D eigenvalue weighted by atomic mass is 10.2. The zero-order chi connectivity index (χ0) is 13.7. The minimum atomic E-state index is -0.225. The maximum atomic E-state index is 12.8. The summed E-state index contributed by atoms with van der Waals surface area (Å²) in [6.07, 6.45) is 2.36. The molecule has 2 N–H and O–H groups in total. The first-order valence-electron chi connectivity index (χ1n) is 6.24. The first-order valence-corrected chi connectivity index (χ1v) is 6.24. The van der Waals surface area contributed by atoms with E-state index in [1.165, 1.54) is 18.5 Å². The highest BCUT2D eigenvalue weighted by molar-refractivity contribution is 5.57. The number of hydrogen-bond donors (Lipinski definition) is 2. The third-order valence-corrected chi connectivity index (χ3v) is 2.91. The molecular weight excluding hydrogens is 243 g/mol. The molecule has 0 fully saturated rings. The minimum absolute atomic E-state index is 0.225. The highest BCUT2D eigenvalue weighted by Crippen LogP contribution is 2.20. The minimum Gasteiger partial charge on any atom is -0.373 e. The van der Waals surface area contributed by atoms with E-state index < -0.39 is 0 Å². The van der Waals surface area contributed by atoms with Gasteiger partial charge in [-0.2, -0.15) is 0 Å². The maximum Gasteiger partial charge on any atom is 0.134 e. The van der Waals surface area contributed by atoms with Crippen LogP contribution < -0.4 is 10.6 Å².